The van der Waals surface area contributed by atoms with Crippen molar-refractivity contribution in [3.8, 4) is 0 Å². The van der Waals surface area contributed by atoms with Crippen LogP contribution in [0, 0.1) is 0 Å². The third-order valence-electron chi connectivity index (χ3n) is 6.31. The molecular weight excluding hydrogens is 628 g/mol. The van der Waals surface area contributed by atoms with Gasteiger partial charge in [-0.25, -0.2) is 8.42 Å². The number of nitrogens with one attached hydrogen (secondary N) is 1. The molecule has 1 atom stereocenters. The van der Waals surface area contributed by atoms with E-state index in [0.717, 1.165) is 29.0 Å². The molecule has 7 nitrogen and oxygen atoms in total. The molecule has 0 radical (unpaired) electrons. The van der Waals surface area contributed by atoms with Crippen molar-refractivity contribution in [1.82, 2.24) is 10.2 Å². The summed E-state index contributed by atoms with van der Waals surface area (Å²) in [6.07, 6.45) is 2.84. The summed E-state index contributed by atoms with van der Waals surface area (Å²) < 4.78 is 26.7. The maximum Gasteiger partial charge on any atom is 0.244 e. The third kappa shape index (κ3) is 9.51. The summed E-state index contributed by atoms with van der Waals surface area (Å²) in [5.74, 6) is -0.949. The van der Waals surface area contributed by atoms with Gasteiger partial charge in [0, 0.05) is 19.5 Å². The number of hydrogen-bond donors (Lipinski definition) is 1. The molecule has 1 N–H and O–H groups in total. The Morgan fingerprint density at radius 1 is 0.854 bits per heavy atom. The van der Waals surface area contributed by atoms with E-state index in [1.807, 2.05) is 37.3 Å². The molecule has 0 aliphatic heterocycles. The molecule has 41 heavy (non-hydrogen) atoms. The average Bonchev–Trinajstić information content (AvgIpc) is 2.92. The third-order valence-corrected chi connectivity index (χ3v) is 8.93. The van der Waals surface area contributed by atoms with E-state index in [1.54, 1.807) is 18.2 Å². The van der Waals surface area contributed by atoms with Gasteiger partial charge in [-0.1, -0.05) is 96.1 Å². The van der Waals surface area contributed by atoms with Crippen LogP contribution in [0.3, 0.4) is 0 Å². The molecule has 0 aromatic heterocycles. The first-order valence-electron chi connectivity index (χ1n) is 12.9. The summed E-state index contributed by atoms with van der Waals surface area (Å²) in [4.78, 5) is 29.0. The van der Waals surface area contributed by atoms with Crippen LogP contribution >= 0.6 is 46.4 Å². The summed E-state index contributed by atoms with van der Waals surface area (Å²) in [6.45, 7) is 1.85. The Balaban J connectivity index is 2.06. The van der Waals surface area contributed by atoms with Crippen molar-refractivity contribution in [1.29, 1.82) is 0 Å². The first kappa shape index (κ1) is 33.0. The monoisotopic (exact) mass is 657 g/mol. The zero-order valence-electron chi connectivity index (χ0n) is 22.6. The van der Waals surface area contributed by atoms with Crippen LogP contribution in [0.1, 0.15) is 30.9 Å². The van der Waals surface area contributed by atoms with Crippen molar-refractivity contribution in [3.05, 3.63) is 97.9 Å². The van der Waals surface area contributed by atoms with E-state index in [-0.39, 0.29) is 39.6 Å². The zero-order valence-corrected chi connectivity index (χ0v) is 26.5. The molecule has 220 valence electrons. The van der Waals surface area contributed by atoms with Gasteiger partial charge in [-0.15, -0.1) is 0 Å². The molecule has 0 spiro atoms. The van der Waals surface area contributed by atoms with Gasteiger partial charge in [-0.2, -0.15) is 0 Å². The molecule has 0 saturated heterocycles. The van der Waals surface area contributed by atoms with E-state index in [2.05, 4.69) is 5.32 Å². The minimum absolute atomic E-state index is 0.0204. The van der Waals surface area contributed by atoms with Gasteiger partial charge in [0.2, 0.25) is 21.8 Å². The van der Waals surface area contributed by atoms with Gasteiger partial charge in [-0.3, -0.25) is 13.9 Å². The van der Waals surface area contributed by atoms with Crippen LogP contribution in [0.4, 0.5) is 5.69 Å². The summed E-state index contributed by atoms with van der Waals surface area (Å²) in [7, 11) is -3.94. The molecule has 3 aromatic carbocycles. The molecule has 0 saturated carbocycles. The minimum Gasteiger partial charge on any atom is -0.354 e. The highest BCUT2D eigenvalue weighted by Crippen LogP contribution is 2.29. The summed E-state index contributed by atoms with van der Waals surface area (Å²) >= 11 is 24.6. The van der Waals surface area contributed by atoms with Crippen LogP contribution in [0.15, 0.2) is 66.7 Å². The second-order valence-electron chi connectivity index (χ2n) is 9.49. The number of nitrogens with zero attached hydrogens (tertiary/aromatic N) is 2. The molecule has 1 unspecified atom stereocenters. The van der Waals surface area contributed by atoms with Crippen molar-refractivity contribution >= 4 is 73.9 Å². The fourth-order valence-electron chi connectivity index (χ4n) is 4.15. The predicted octanol–water partition coefficient (Wildman–Crippen LogP) is 6.62. The van der Waals surface area contributed by atoms with E-state index < -0.39 is 28.5 Å². The van der Waals surface area contributed by atoms with Crippen molar-refractivity contribution in [2.75, 3.05) is 23.7 Å². The fraction of sp³-hybridized carbons (Fsp3) is 0.310. The Labute approximate surface area is 261 Å². The van der Waals surface area contributed by atoms with Crippen molar-refractivity contribution in [2.45, 2.75) is 38.8 Å². The van der Waals surface area contributed by atoms with Gasteiger partial charge >= 0.3 is 0 Å². The quantitative estimate of drug-likeness (QED) is 0.209. The molecule has 0 aliphatic rings. The lowest BCUT2D eigenvalue weighted by Crippen LogP contribution is -2.53. The number of benzene rings is 3. The number of carbonyl (C=O) groups excluding carboxylic acids is 2. The van der Waals surface area contributed by atoms with Gasteiger partial charge in [-0.05, 0) is 47.9 Å². The molecule has 0 fully saturated rings. The van der Waals surface area contributed by atoms with Crippen LogP contribution in [-0.4, -0.2) is 50.5 Å². The van der Waals surface area contributed by atoms with E-state index in [1.165, 1.54) is 23.1 Å². The molecule has 0 bridgehead atoms. The maximum absolute atomic E-state index is 14.1. The Hall–Kier alpha value is -2.49. The number of rotatable bonds is 13. The highest BCUT2D eigenvalue weighted by atomic mass is 35.5. The molecular formula is C29H31Cl4N3O4S. The topological polar surface area (TPSA) is 86.8 Å². The molecule has 2 amide bonds. The van der Waals surface area contributed by atoms with Crippen LogP contribution in [0.25, 0.3) is 0 Å². The van der Waals surface area contributed by atoms with Crippen molar-refractivity contribution < 1.29 is 18.0 Å². The Morgan fingerprint density at radius 2 is 1.49 bits per heavy atom. The lowest BCUT2D eigenvalue weighted by molar-refractivity contribution is -0.140. The van der Waals surface area contributed by atoms with Gasteiger partial charge < -0.3 is 10.2 Å². The van der Waals surface area contributed by atoms with E-state index in [0.29, 0.717) is 17.1 Å². The number of amides is 2. The Morgan fingerprint density at radius 3 is 2.07 bits per heavy atom. The number of carbonyl (C=O) groups is 2. The van der Waals surface area contributed by atoms with Gasteiger partial charge in [0.25, 0.3) is 0 Å². The van der Waals surface area contributed by atoms with Crippen molar-refractivity contribution in [2.24, 2.45) is 0 Å². The zero-order chi connectivity index (χ0) is 30.2. The first-order valence-corrected chi connectivity index (χ1v) is 16.2. The van der Waals surface area contributed by atoms with Gasteiger partial charge in [0.15, 0.2) is 0 Å². The highest BCUT2D eigenvalue weighted by molar-refractivity contribution is 7.92. The summed E-state index contributed by atoms with van der Waals surface area (Å²) in [5, 5.41) is 3.93. The van der Waals surface area contributed by atoms with Crippen LogP contribution in [-0.2, 0) is 32.6 Å². The second-order valence-corrected chi connectivity index (χ2v) is 13.0. The standard InChI is InChI=1S/C29H31Cl4N3O4S/c1-3-4-14-34-29(38)27(16-20-8-6-5-7-9-20)35(18-21-10-12-23(30)25(32)15-21)28(37)19-36(41(2,39)40)22-11-13-24(31)26(33)17-22/h5-13,15,17,27H,3-4,14,16,18-19H2,1-2H3,(H,34,38). The van der Waals surface area contributed by atoms with Gasteiger partial charge in [0.1, 0.15) is 12.6 Å². The van der Waals surface area contributed by atoms with Crippen LogP contribution in [0.5, 0.6) is 0 Å². The smallest absolute Gasteiger partial charge is 0.244 e. The van der Waals surface area contributed by atoms with E-state index in [4.69, 9.17) is 46.4 Å². The lowest BCUT2D eigenvalue weighted by Gasteiger charge is -2.33. The molecule has 12 heteroatoms. The number of hydrogen-bond acceptors (Lipinski definition) is 4. The van der Waals surface area contributed by atoms with Crippen LogP contribution in [0.2, 0.25) is 20.1 Å². The normalized spacial score (nSPS) is 12.0. The Bertz CT molecular complexity index is 1470. The van der Waals surface area contributed by atoms with Crippen LogP contribution < -0.4 is 9.62 Å². The average molecular weight is 659 g/mol. The first-order chi connectivity index (χ1) is 19.4. The Kier molecular flexibility index (Phi) is 12.2. The highest BCUT2D eigenvalue weighted by Gasteiger charge is 2.33. The predicted molar refractivity (Wildman–Crippen MR) is 168 cm³/mol. The number of halogens is 4. The molecule has 0 aliphatic carbocycles. The maximum atomic E-state index is 14.1. The number of unbranched alkanes of at least 4 members (excludes halogenated alkanes) is 1. The number of sulfonamides is 1. The van der Waals surface area contributed by atoms with Gasteiger partial charge in [0.05, 0.1) is 32.0 Å². The largest absolute Gasteiger partial charge is 0.354 e. The molecule has 0 heterocycles. The lowest BCUT2D eigenvalue weighted by atomic mass is 10.0. The second kappa shape index (κ2) is 15.1. The molecule has 3 rings (SSSR count). The van der Waals surface area contributed by atoms with E-state index >= 15 is 0 Å². The molecule has 3 aromatic rings. The van der Waals surface area contributed by atoms with E-state index in [9.17, 15) is 18.0 Å². The summed E-state index contributed by atoms with van der Waals surface area (Å²) in [6, 6.07) is 17.6. The number of anilines is 1. The minimum atomic E-state index is -3.94. The summed E-state index contributed by atoms with van der Waals surface area (Å²) in [5.41, 5.74) is 1.61. The fourth-order valence-corrected chi connectivity index (χ4v) is 5.60. The van der Waals surface area contributed by atoms with Crippen molar-refractivity contribution in [3.63, 3.8) is 0 Å². The SMILES string of the molecule is CCCCNC(=O)C(Cc1ccccc1)N(Cc1ccc(Cl)c(Cl)c1)C(=O)CN(c1ccc(Cl)c(Cl)c1)S(C)(=O)=O.